The third-order valence-electron chi connectivity index (χ3n) is 3.91. The van der Waals surface area contributed by atoms with Crippen molar-refractivity contribution in [3.8, 4) is 0 Å². The molecule has 1 aliphatic heterocycles. The second-order valence-corrected chi connectivity index (χ2v) is 5.66. The fourth-order valence-electron chi connectivity index (χ4n) is 2.76. The molecular formula is C15H22F3N3. The summed E-state index contributed by atoms with van der Waals surface area (Å²) in [4.78, 5) is 3.60. The maximum atomic E-state index is 12.3. The van der Waals surface area contributed by atoms with Crippen molar-refractivity contribution in [2.75, 3.05) is 39.3 Å². The van der Waals surface area contributed by atoms with Gasteiger partial charge in [-0.25, -0.2) is 0 Å². The zero-order chi connectivity index (χ0) is 15.5. The summed E-state index contributed by atoms with van der Waals surface area (Å²) in [6.45, 7) is 4.05. The monoisotopic (exact) mass is 301 g/mol. The summed E-state index contributed by atoms with van der Waals surface area (Å²) in [7, 11) is 0. The summed E-state index contributed by atoms with van der Waals surface area (Å²) < 4.78 is 37.0. The Hall–Kier alpha value is -1.11. The maximum Gasteiger partial charge on any atom is 0.401 e. The summed E-state index contributed by atoms with van der Waals surface area (Å²) in [6, 6.07) is 7.88. The van der Waals surface area contributed by atoms with Gasteiger partial charge in [-0.05, 0) is 18.1 Å². The van der Waals surface area contributed by atoms with Crippen LogP contribution in [0.3, 0.4) is 0 Å². The molecule has 0 amide bonds. The molecule has 6 heteroatoms. The number of alkyl halides is 3. The van der Waals surface area contributed by atoms with E-state index in [1.807, 2.05) is 31.2 Å². The van der Waals surface area contributed by atoms with Crippen molar-refractivity contribution in [1.29, 1.82) is 0 Å². The molecule has 21 heavy (non-hydrogen) atoms. The number of nitrogens with two attached hydrogens (primary N) is 1. The first kappa shape index (κ1) is 16.3. The van der Waals surface area contributed by atoms with Crippen molar-refractivity contribution in [1.82, 2.24) is 9.80 Å². The van der Waals surface area contributed by atoms with Gasteiger partial charge in [0.05, 0.1) is 6.54 Å². The van der Waals surface area contributed by atoms with E-state index in [1.54, 1.807) is 0 Å². The van der Waals surface area contributed by atoms with Crippen molar-refractivity contribution in [3.05, 3.63) is 35.4 Å². The number of nitrogens with zero attached hydrogens (tertiary/aromatic N) is 2. The highest BCUT2D eigenvalue weighted by molar-refractivity contribution is 5.28. The predicted molar refractivity (Wildman–Crippen MR) is 77.0 cm³/mol. The Morgan fingerprint density at radius 1 is 1.10 bits per heavy atom. The molecule has 0 aliphatic carbocycles. The van der Waals surface area contributed by atoms with Crippen LogP contribution in [0.25, 0.3) is 0 Å². The van der Waals surface area contributed by atoms with Crippen LogP contribution in [-0.2, 0) is 0 Å². The van der Waals surface area contributed by atoms with Gasteiger partial charge in [0.2, 0.25) is 0 Å². The second-order valence-electron chi connectivity index (χ2n) is 5.66. The maximum absolute atomic E-state index is 12.3. The van der Waals surface area contributed by atoms with Gasteiger partial charge in [-0.15, -0.1) is 0 Å². The largest absolute Gasteiger partial charge is 0.401 e. The van der Waals surface area contributed by atoms with Crippen LogP contribution in [0, 0.1) is 6.92 Å². The van der Waals surface area contributed by atoms with Crippen molar-refractivity contribution < 1.29 is 13.2 Å². The molecule has 0 bridgehead atoms. The Morgan fingerprint density at radius 2 is 1.67 bits per heavy atom. The number of hydrogen-bond acceptors (Lipinski definition) is 3. The molecule has 3 nitrogen and oxygen atoms in total. The zero-order valence-corrected chi connectivity index (χ0v) is 12.2. The summed E-state index contributed by atoms with van der Waals surface area (Å²) >= 11 is 0. The lowest BCUT2D eigenvalue weighted by atomic mass is 10.0. The molecule has 1 fully saturated rings. The minimum atomic E-state index is -4.11. The lowest BCUT2D eigenvalue weighted by Gasteiger charge is -2.36. The SMILES string of the molecule is Cc1ccccc1C(N)CN1CCN(CC(F)(F)F)CC1. The zero-order valence-electron chi connectivity index (χ0n) is 12.2. The van der Waals surface area contributed by atoms with Crippen molar-refractivity contribution in [2.45, 2.75) is 19.1 Å². The molecule has 1 saturated heterocycles. The van der Waals surface area contributed by atoms with E-state index in [4.69, 9.17) is 5.73 Å². The van der Waals surface area contributed by atoms with E-state index in [0.717, 1.165) is 11.1 Å². The molecule has 1 heterocycles. The standard InChI is InChI=1S/C15H22F3N3/c1-12-4-2-3-5-13(12)14(19)10-20-6-8-21(9-7-20)11-15(16,17)18/h2-5,14H,6-11,19H2,1H3. The average molecular weight is 301 g/mol. The van der Waals surface area contributed by atoms with E-state index in [0.29, 0.717) is 32.7 Å². The Balaban J connectivity index is 1.82. The second kappa shape index (κ2) is 6.77. The number of rotatable bonds is 4. The number of benzene rings is 1. The lowest BCUT2D eigenvalue weighted by Crippen LogP contribution is -2.50. The Morgan fingerprint density at radius 3 is 2.24 bits per heavy atom. The summed E-state index contributed by atoms with van der Waals surface area (Å²) in [5.41, 5.74) is 8.49. The molecule has 118 valence electrons. The van der Waals surface area contributed by atoms with E-state index in [9.17, 15) is 13.2 Å². The van der Waals surface area contributed by atoms with Crippen LogP contribution in [-0.4, -0.2) is 55.2 Å². The Labute approximate surface area is 123 Å². The molecule has 0 spiro atoms. The molecule has 1 unspecified atom stereocenters. The van der Waals surface area contributed by atoms with Gasteiger partial charge in [0.15, 0.2) is 0 Å². The molecule has 2 rings (SSSR count). The highest BCUT2D eigenvalue weighted by atomic mass is 19.4. The Bertz CT molecular complexity index is 454. The normalized spacial score (nSPS) is 19.7. The van der Waals surface area contributed by atoms with Crippen molar-refractivity contribution in [2.24, 2.45) is 5.73 Å². The molecule has 0 saturated carbocycles. The van der Waals surface area contributed by atoms with E-state index in [1.165, 1.54) is 4.90 Å². The van der Waals surface area contributed by atoms with Crippen LogP contribution in [0.1, 0.15) is 17.2 Å². The van der Waals surface area contributed by atoms with Gasteiger partial charge < -0.3 is 5.73 Å². The quantitative estimate of drug-likeness (QED) is 0.925. The van der Waals surface area contributed by atoms with Crippen LogP contribution in [0.4, 0.5) is 13.2 Å². The topological polar surface area (TPSA) is 32.5 Å². The molecule has 1 atom stereocenters. The van der Waals surface area contributed by atoms with Gasteiger partial charge >= 0.3 is 6.18 Å². The van der Waals surface area contributed by atoms with Gasteiger partial charge in [0.25, 0.3) is 0 Å². The molecule has 1 aliphatic rings. The summed E-state index contributed by atoms with van der Waals surface area (Å²) in [5.74, 6) is 0. The molecule has 0 aromatic heterocycles. The van der Waals surface area contributed by atoms with Gasteiger partial charge in [-0.1, -0.05) is 24.3 Å². The molecule has 1 aromatic carbocycles. The van der Waals surface area contributed by atoms with E-state index < -0.39 is 12.7 Å². The predicted octanol–water partition coefficient (Wildman–Crippen LogP) is 2.17. The van der Waals surface area contributed by atoms with Gasteiger partial charge in [-0.3, -0.25) is 9.80 Å². The highest BCUT2D eigenvalue weighted by Crippen LogP contribution is 2.19. The Kier molecular flexibility index (Phi) is 5.24. The highest BCUT2D eigenvalue weighted by Gasteiger charge is 2.32. The van der Waals surface area contributed by atoms with Crippen molar-refractivity contribution in [3.63, 3.8) is 0 Å². The number of hydrogen-bond donors (Lipinski definition) is 1. The summed E-state index contributed by atoms with van der Waals surface area (Å²) in [6.07, 6.45) is -4.11. The average Bonchev–Trinajstić information content (AvgIpc) is 2.40. The molecular weight excluding hydrogens is 279 g/mol. The van der Waals surface area contributed by atoms with Gasteiger partial charge in [0, 0.05) is 38.8 Å². The first-order valence-corrected chi connectivity index (χ1v) is 7.18. The first-order valence-electron chi connectivity index (χ1n) is 7.18. The lowest BCUT2D eigenvalue weighted by molar-refractivity contribution is -0.149. The minimum absolute atomic E-state index is 0.0969. The number of aryl methyl sites for hydroxylation is 1. The molecule has 2 N–H and O–H groups in total. The van der Waals surface area contributed by atoms with Crippen molar-refractivity contribution >= 4 is 0 Å². The van der Waals surface area contributed by atoms with Crippen LogP contribution in [0.2, 0.25) is 0 Å². The molecule has 0 radical (unpaired) electrons. The van der Waals surface area contributed by atoms with Crippen LogP contribution in [0.5, 0.6) is 0 Å². The number of halogens is 3. The fraction of sp³-hybridized carbons (Fsp3) is 0.600. The third kappa shape index (κ3) is 4.98. The molecule has 1 aromatic rings. The van der Waals surface area contributed by atoms with E-state index >= 15 is 0 Å². The van der Waals surface area contributed by atoms with E-state index in [2.05, 4.69) is 4.90 Å². The van der Waals surface area contributed by atoms with Crippen LogP contribution in [0.15, 0.2) is 24.3 Å². The fourth-order valence-corrected chi connectivity index (χ4v) is 2.76. The summed E-state index contributed by atoms with van der Waals surface area (Å²) in [5, 5.41) is 0. The first-order chi connectivity index (χ1) is 9.85. The smallest absolute Gasteiger partial charge is 0.323 e. The minimum Gasteiger partial charge on any atom is -0.323 e. The third-order valence-corrected chi connectivity index (χ3v) is 3.91. The number of piperazine rings is 1. The van der Waals surface area contributed by atoms with Crippen LogP contribution >= 0.6 is 0 Å². The van der Waals surface area contributed by atoms with Crippen LogP contribution < -0.4 is 5.73 Å². The van der Waals surface area contributed by atoms with Gasteiger partial charge in [-0.2, -0.15) is 13.2 Å². The van der Waals surface area contributed by atoms with E-state index in [-0.39, 0.29) is 6.04 Å². The van der Waals surface area contributed by atoms with Gasteiger partial charge in [0.1, 0.15) is 0 Å².